The highest BCUT2D eigenvalue weighted by atomic mass is 15.2. The number of unbranched alkanes of at least 4 members (excludes halogenated alkanes) is 1. The molecule has 4 nitrogen and oxygen atoms in total. The summed E-state index contributed by atoms with van der Waals surface area (Å²) >= 11 is 0. The van der Waals surface area contributed by atoms with Crippen LogP contribution in [0.25, 0.3) is 5.52 Å². The average Bonchev–Trinajstić information content (AvgIpc) is 2.65. The predicted molar refractivity (Wildman–Crippen MR) is 64.3 cm³/mol. The molecule has 0 aromatic carbocycles. The van der Waals surface area contributed by atoms with E-state index in [1.165, 1.54) is 0 Å². The van der Waals surface area contributed by atoms with Gasteiger partial charge >= 0.3 is 0 Å². The number of nitrogens with zero attached hydrogens (tertiary/aromatic N) is 3. The molecule has 0 aliphatic heterocycles. The lowest BCUT2D eigenvalue weighted by Gasteiger charge is -2.05. The molecule has 2 heterocycles. The maximum atomic E-state index is 5.19. The Kier molecular flexibility index (Phi) is 3.06. The SMILES string of the molecule is C#CCCCNc1nccn2nc(C)cc12. The van der Waals surface area contributed by atoms with Gasteiger partial charge in [0.15, 0.2) is 5.82 Å². The maximum Gasteiger partial charge on any atom is 0.152 e. The first-order valence-corrected chi connectivity index (χ1v) is 5.29. The highest BCUT2D eigenvalue weighted by Gasteiger charge is 2.03. The zero-order valence-corrected chi connectivity index (χ0v) is 9.27. The summed E-state index contributed by atoms with van der Waals surface area (Å²) in [6.07, 6.45) is 10.5. The molecule has 0 aliphatic carbocycles. The first-order chi connectivity index (χ1) is 7.81. The number of rotatable bonds is 4. The Morgan fingerprint density at radius 2 is 2.44 bits per heavy atom. The highest BCUT2D eigenvalue weighted by molar-refractivity contribution is 5.67. The van der Waals surface area contributed by atoms with Crippen molar-refractivity contribution in [2.24, 2.45) is 0 Å². The molecular formula is C12H14N4. The second kappa shape index (κ2) is 4.67. The molecule has 0 saturated heterocycles. The third kappa shape index (κ3) is 2.14. The third-order valence-corrected chi connectivity index (χ3v) is 2.30. The van der Waals surface area contributed by atoms with Gasteiger partial charge < -0.3 is 5.32 Å². The number of fused-ring (bicyclic) bond motifs is 1. The molecule has 0 aliphatic rings. The zero-order valence-electron chi connectivity index (χ0n) is 9.27. The van der Waals surface area contributed by atoms with E-state index in [0.29, 0.717) is 0 Å². The predicted octanol–water partition coefficient (Wildman–Crippen LogP) is 1.86. The minimum Gasteiger partial charge on any atom is -0.368 e. The summed E-state index contributed by atoms with van der Waals surface area (Å²) in [5.41, 5.74) is 1.99. The Bertz CT molecular complexity index is 521. The average molecular weight is 214 g/mol. The standard InChI is InChI=1S/C12H14N4/c1-3-4-5-6-13-12-11-9-10(2)15-16(11)8-7-14-12/h1,7-9H,4-6H2,2H3,(H,13,14). The lowest BCUT2D eigenvalue weighted by atomic mass is 10.3. The molecule has 0 fully saturated rings. The topological polar surface area (TPSA) is 42.2 Å². The zero-order chi connectivity index (χ0) is 11.4. The molecule has 0 radical (unpaired) electrons. The lowest BCUT2D eigenvalue weighted by molar-refractivity contribution is 0.889. The quantitative estimate of drug-likeness (QED) is 0.624. The highest BCUT2D eigenvalue weighted by Crippen LogP contribution is 2.14. The van der Waals surface area contributed by atoms with Gasteiger partial charge in [-0.15, -0.1) is 12.3 Å². The molecule has 2 rings (SSSR count). The van der Waals surface area contributed by atoms with Crippen LogP contribution in [0.4, 0.5) is 5.82 Å². The van der Waals surface area contributed by atoms with Crippen LogP contribution < -0.4 is 5.32 Å². The van der Waals surface area contributed by atoms with Gasteiger partial charge in [-0.2, -0.15) is 5.10 Å². The second-order valence-corrected chi connectivity index (χ2v) is 3.63. The van der Waals surface area contributed by atoms with Gasteiger partial charge in [-0.1, -0.05) is 0 Å². The molecule has 2 aromatic rings. The monoisotopic (exact) mass is 214 g/mol. The van der Waals surface area contributed by atoms with Gasteiger partial charge in [0.2, 0.25) is 0 Å². The van der Waals surface area contributed by atoms with Crippen molar-refractivity contribution < 1.29 is 0 Å². The first kappa shape index (κ1) is 10.5. The van der Waals surface area contributed by atoms with Crippen molar-refractivity contribution in [2.45, 2.75) is 19.8 Å². The van der Waals surface area contributed by atoms with Gasteiger partial charge in [0, 0.05) is 25.4 Å². The first-order valence-electron chi connectivity index (χ1n) is 5.29. The van der Waals surface area contributed by atoms with Crippen LogP contribution >= 0.6 is 0 Å². The molecular weight excluding hydrogens is 200 g/mol. The fraction of sp³-hybridized carbons (Fsp3) is 0.333. The van der Waals surface area contributed by atoms with Crippen molar-refractivity contribution >= 4 is 11.3 Å². The Hall–Kier alpha value is -2.02. The fourth-order valence-electron chi connectivity index (χ4n) is 1.58. The Morgan fingerprint density at radius 1 is 1.56 bits per heavy atom. The van der Waals surface area contributed by atoms with Gasteiger partial charge in [-0.3, -0.25) is 0 Å². The summed E-state index contributed by atoms with van der Waals surface area (Å²) in [5.74, 6) is 3.48. The van der Waals surface area contributed by atoms with E-state index >= 15 is 0 Å². The number of nitrogens with one attached hydrogen (secondary N) is 1. The van der Waals surface area contributed by atoms with E-state index in [1.807, 2.05) is 23.7 Å². The van der Waals surface area contributed by atoms with Crippen molar-refractivity contribution in [3.63, 3.8) is 0 Å². The molecule has 0 unspecified atom stereocenters. The number of hydrogen-bond donors (Lipinski definition) is 1. The van der Waals surface area contributed by atoms with E-state index in [0.717, 1.165) is 36.4 Å². The molecule has 1 N–H and O–H groups in total. The van der Waals surface area contributed by atoms with E-state index in [4.69, 9.17) is 6.42 Å². The third-order valence-electron chi connectivity index (χ3n) is 2.30. The molecule has 0 spiro atoms. The number of aryl methyl sites for hydroxylation is 1. The number of anilines is 1. The number of terminal acetylenes is 1. The second-order valence-electron chi connectivity index (χ2n) is 3.63. The molecule has 0 amide bonds. The fourth-order valence-corrected chi connectivity index (χ4v) is 1.58. The molecule has 0 saturated carbocycles. The minimum absolute atomic E-state index is 0.786. The van der Waals surface area contributed by atoms with Crippen LogP contribution in [-0.2, 0) is 0 Å². The van der Waals surface area contributed by atoms with E-state index in [2.05, 4.69) is 21.3 Å². The number of hydrogen-bond acceptors (Lipinski definition) is 3. The summed E-state index contributed by atoms with van der Waals surface area (Å²) in [6.45, 7) is 2.80. The molecule has 0 bridgehead atoms. The van der Waals surface area contributed by atoms with E-state index in [9.17, 15) is 0 Å². The lowest BCUT2D eigenvalue weighted by Crippen LogP contribution is -2.04. The maximum absolute atomic E-state index is 5.19. The summed E-state index contributed by atoms with van der Waals surface area (Å²) in [5, 5.41) is 7.59. The van der Waals surface area contributed by atoms with Crippen LogP contribution in [0.2, 0.25) is 0 Å². The van der Waals surface area contributed by atoms with Crippen LogP contribution in [-0.4, -0.2) is 21.1 Å². The van der Waals surface area contributed by atoms with Crippen LogP contribution in [0.5, 0.6) is 0 Å². The molecule has 4 heteroatoms. The normalized spacial score (nSPS) is 10.2. The van der Waals surface area contributed by atoms with E-state index in [1.54, 1.807) is 6.20 Å². The van der Waals surface area contributed by atoms with Crippen molar-refractivity contribution in [3.05, 3.63) is 24.2 Å². The van der Waals surface area contributed by atoms with Crippen LogP contribution in [0.15, 0.2) is 18.5 Å². The smallest absolute Gasteiger partial charge is 0.152 e. The van der Waals surface area contributed by atoms with Crippen molar-refractivity contribution in [2.75, 3.05) is 11.9 Å². The molecule has 82 valence electrons. The van der Waals surface area contributed by atoms with Crippen molar-refractivity contribution in [1.29, 1.82) is 0 Å². The summed E-state index contributed by atoms with van der Waals surface area (Å²) in [4.78, 5) is 4.29. The summed E-state index contributed by atoms with van der Waals surface area (Å²) in [6, 6.07) is 2.01. The van der Waals surface area contributed by atoms with Crippen LogP contribution in [0, 0.1) is 19.3 Å². The van der Waals surface area contributed by atoms with Gasteiger partial charge in [0.25, 0.3) is 0 Å². The molecule has 0 atom stereocenters. The Morgan fingerprint density at radius 3 is 3.25 bits per heavy atom. The molecule has 16 heavy (non-hydrogen) atoms. The number of aromatic nitrogens is 3. The van der Waals surface area contributed by atoms with Gasteiger partial charge in [0.1, 0.15) is 5.52 Å². The van der Waals surface area contributed by atoms with Crippen LogP contribution in [0.1, 0.15) is 18.5 Å². The van der Waals surface area contributed by atoms with Gasteiger partial charge in [-0.25, -0.2) is 9.50 Å². The Balaban J connectivity index is 2.14. The van der Waals surface area contributed by atoms with Crippen molar-refractivity contribution in [1.82, 2.24) is 14.6 Å². The largest absolute Gasteiger partial charge is 0.368 e. The molecule has 2 aromatic heterocycles. The Labute approximate surface area is 94.7 Å². The minimum atomic E-state index is 0.786. The van der Waals surface area contributed by atoms with Gasteiger partial charge in [-0.05, 0) is 19.4 Å². The summed E-state index contributed by atoms with van der Waals surface area (Å²) in [7, 11) is 0. The van der Waals surface area contributed by atoms with E-state index in [-0.39, 0.29) is 0 Å². The van der Waals surface area contributed by atoms with Crippen LogP contribution in [0.3, 0.4) is 0 Å². The van der Waals surface area contributed by atoms with E-state index < -0.39 is 0 Å². The summed E-state index contributed by atoms with van der Waals surface area (Å²) < 4.78 is 1.83. The van der Waals surface area contributed by atoms with Crippen molar-refractivity contribution in [3.8, 4) is 12.3 Å². The van der Waals surface area contributed by atoms with Gasteiger partial charge in [0.05, 0.1) is 5.69 Å².